The molecular weight excluding hydrogens is 376 g/mol. The van der Waals surface area contributed by atoms with Crippen LogP contribution in [0.15, 0.2) is 48.5 Å². The molecule has 0 aliphatic heterocycles. The van der Waals surface area contributed by atoms with Gasteiger partial charge in [0, 0.05) is 0 Å². The molecule has 4 heteroatoms. The molecule has 0 spiro atoms. The number of carbonyl (C=O) groups is 2. The summed E-state index contributed by atoms with van der Waals surface area (Å²) in [7, 11) is 0. The van der Waals surface area contributed by atoms with Crippen LogP contribution >= 0.6 is 0 Å². The third-order valence-corrected chi connectivity index (χ3v) is 5.38. The van der Waals surface area contributed by atoms with Gasteiger partial charge in [0.2, 0.25) is 0 Å². The Labute approximate surface area is 180 Å². The summed E-state index contributed by atoms with van der Waals surface area (Å²) in [5.41, 5.74) is 2.73. The maximum Gasteiger partial charge on any atom is 0.348 e. The van der Waals surface area contributed by atoms with Crippen molar-refractivity contribution in [2.24, 2.45) is 0 Å². The highest BCUT2D eigenvalue weighted by Crippen LogP contribution is 2.26. The lowest BCUT2D eigenvalue weighted by Gasteiger charge is -2.28. The van der Waals surface area contributed by atoms with Crippen LogP contribution in [-0.2, 0) is 32.7 Å². The van der Waals surface area contributed by atoms with E-state index in [9.17, 15) is 9.59 Å². The molecule has 0 N–H and O–H groups in total. The molecule has 2 aromatic rings. The smallest absolute Gasteiger partial charge is 0.348 e. The van der Waals surface area contributed by atoms with Crippen molar-refractivity contribution in [3.63, 3.8) is 0 Å². The number of hydrogen-bond acceptors (Lipinski definition) is 4. The molecular formula is C26H34O4. The molecule has 0 radical (unpaired) electrons. The Hall–Kier alpha value is -2.62. The van der Waals surface area contributed by atoms with Gasteiger partial charge < -0.3 is 9.47 Å². The maximum absolute atomic E-state index is 13.0. The van der Waals surface area contributed by atoms with E-state index in [4.69, 9.17) is 9.47 Å². The molecule has 0 aliphatic carbocycles. The first kappa shape index (κ1) is 23.7. The van der Waals surface area contributed by atoms with Crippen molar-refractivity contribution >= 4 is 11.9 Å². The first-order valence-electron chi connectivity index (χ1n) is 10.9. The minimum absolute atomic E-state index is 0.445. The Kier molecular flexibility index (Phi) is 8.64. The number of hydrogen-bond donors (Lipinski definition) is 0. The highest BCUT2D eigenvalue weighted by Gasteiger charge is 2.32. The fourth-order valence-corrected chi connectivity index (χ4v) is 3.60. The van der Waals surface area contributed by atoms with Gasteiger partial charge in [0.25, 0.3) is 0 Å². The second-order valence-corrected chi connectivity index (χ2v) is 7.98. The molecule has 1 unspecified atom stereocenters. The van der Waals surface area contributed by atoms with E-state index in [0.29, 0.717) is 12.0 Å². The second-order valence-electron chi connectivity index (χ2n) is 7.98. The number of ether oxygens (including phenoxy) is 2. The molecule has 2 rings (SSSR count). The van der Waals surface area contributed by atoms with Crippen molar-refractivity contribution in [2.45, 2.75) is 78.4 Å². The van der Waals surface area contributed by atoms with Gasteiger partial charge >= 0.3 is 11.9 Å². The lowest BCUT2D eigenvalue weighted by atomic mass is 9.97. The molecule has 1 atom stereocenters. The summed E-state index contributed by atoms with van der Waals surface area (Å²) in [6.07, 6.45) is 2.77. The third kappa shape index (κ3) is 5.94. The Morgan fingerprint density at radius 2 is 1.63 bits per heavy atom. The van der Waals surface area contributed by atoms with E-state index in [-0.39, 0.29) is 0 Å². The number of rotatable bonds is 10. The molecule has 0 saturated carbocycles. The largest absolute Gasteiger partial charge is 0.452 e. The lowest BCUT2D eigenvalue weighted by molar-refractivity contribution is -0.168. The SMILES string of the molecule is CCCCC(OC(=O)c1cccc(CC)c1CC)C(=O)OC(C)(C)c1ccccc1. The van der Waals surface area contributed by atoms with E-state index in [0.717, 1.165) is 42.4 Å². The van der Waals surface area contributed by atoms with Crippen LogP contribution in [0.4, 0.5) is 0 Å². The molecule has 0 bridgehead atoms. The zero-order chi connectivity index (χ0) is 22.1. The van der Waals surface area contributed by atoms with Crippen molar-refractivity contribution in [2.75, 3.05) is 0 Å². The van der Waals surface area contributed by atoms with Crippen LogP contribution in [0.3, 0.4) is 0 Å². The van der Waals surface area contributed by atoms with Gasteiger partial charge in [0.05, 0.1) is 5.56 Å². The van der Waals surface area contributed by atoms with Crippen LogP contribution in [0, 0.1) is 0 Å². The van der Waals surface area contributed by atoms with Crippen LogP contribution in [0.2, 0.25) is 0 Å². The monoisotopic (exact) mass is 410 g/mol. The molecule has 0 amide bonds. The topological polar surface area (TPSA) is 52.6 Å². The van der Waals surface area contributed by atoms with E-state index >= 15 is 0 Å². The summed E-state index contributed by atoms with van der Waals surface area (Å²) in [6.45, 7) is 9.82. The zero-order valence-corrected chi connectivity index (χ0v) is 18.9. The van der Waals surface area contributed by atoms with Gasteiger partial charge in [-0.1, -0.05) is 69.7 Å². The van der Waals surface area contributed by atoms with Crippen LogP contribution < -0.4 is 0 Å². The van der Waals surface area contributed by atoms with E-state index in [1.807, 2.05) is 70.2 Å². The van der Waals surface area contributed by atoms with E-state index in [1.54, 1.807) is 6.07 Å². The van der Waals surface area contributed by atoms with Gasteiger partial charge in [-0.2, -0.15) is 0 Å². The summed E-state index contributed by atoms with van der Waals surface area (Å²) in [4.78, 5) is 26.0. The second kappa shape index (κ2) is 11.0. The number of aryl methyl sites for hydroxylation is 1. The van der Waals surface area contributed by atoms with Crippen LogP contribution in [0.1, 0.15) is 80.9 Å². The predicted molar refractivity (Wildman–Crippen MR) is 119 cm³/mol. The molecule has 2 aromatic carbocycles. The van der Waals surface area contributed by atoms with Crippen LogP contribution in [0.25, 0.3) is 0 Å². The first-order valence-corrected chi connectivity index (χ1v) is 10.9. The molecule has 4 nitrogen and oxygen atoms in total. The Bertz CT molecular complexity index is 839. The average Bonchev–Trinajstić information content (AvgIpc) is 2.75. The minimum atomic E-state index is -0.921. The molecule has 0 heterocycles. The van der Waals surface area contributed by atoms with Crippen molar-refractivity contribution in [3.8, 4) is 0 Å². The van der Waals surface area contributed by atoms with E-state index in [1.165, 1.54) is 0 Å². The van der Waals surface area contributed by atoms with Crippen LogP contribution in [0.5, 0.6) is 0 Å². The van der Waals surface area contributed by atoms with E-state index in [2.05, 4.69) is 6.92 Å². The highest BCUT2D eigenvalue weighted by atomic mass is 16.6. The number of carbonyl (C=O) groups excluding carboxylic acids is 2. The quantitative estimate of drug-likeness (QED) is 0.450. The normalized spacial score (nSPS) is 12.3. The van der Waals surface area contributed by atoms with E-state index < -0.39 is 23.6 Å². The van der Waals surface area contributed by atoms with Crippen molar-refractivity contribution in [3.05, 3.63) is 70.8 Å². The maximum atomic E-state index is 13.0. The van der Waals surface area contributed by atoms with Gasteiger partial charge in [0.15, 0.2) is 6.10 Å². The van der Waals surface area contributed by atoms with Gasteiger partial charge in [-0.05, 0) is 62.3 Å². The number of benzene rings is 2. The predicted octanol–water partition coefficient (Wildman–Crippen LogP) is 6.01. The molecule has 0 fully saturated rings. The summed E-state index contributed by atoms with van der Waals surface area (Å²) in [5, 5.41) is 0. The van der Waals surface area contributed by atoms with Crippen molar-refractivity contribution in [1.82, 2.24) is 0 Å². The standard InChI is InChI=1S/C26H34O4/c1-6-9-18-23(25(28)30-26(4,5)20-15-11-10-12-16-20)29-24(27)22-17-13-14-19(7-2)21(22)8-3/h10-17,23H,6-9,18H2,1-5H3. The van der Waals surface area contributed by atoms with Gasteiger partial charge in [0.1, 0.15) is 5.60 Å². The summed E-state index contributed by atoms with van der Waals surface area (Å²) in [5.74, 6) is -0.965. The Morgan fingerprint density at radius 1 is 0.933 bits per heavy atom. The van der Waals surface area contributed by atoms with Crippen LogP contribution in [-0.4, -0.2) is 18.0 Å². The summed E-state index contributed by atoms with van der Waals surface area (Å²) >= 11 is 0. The first-order chi connectivity index (χ1) is 14.3. The molecule has 30 heavy (non-hydrogen) atoms. The Balaban J connectivity index is 2.21. The lowest BCUT2D eigenvalue weighted by Crippen LogP contribution is -2.35. The summed E-state index contributed by atoms with van der Waals surface area (Å²) in [6, 6.07) is 15.2. The zero-order valence-electron chi connectivity index (χ0n) is 18.9. The number of esters is 2. The van der Waals surface area contributed by atoms with Gasteiger partial charge in [-0.25, -0.2) is 9.59 Å². The minimum Gasteiger partial charge on any atom is -0.452 e. The fraction of sp³-hybridized carbons (Fsp3) is 0.462. The highest BCUT2D eigenvalue weighted by molar-refractivity contribution is 5.93. The molecule has 0 saturated heterocycles. The average molecular weight is 411 g/mol. The van der Waals surface area contributed by atoms with Gasteiger partial charge in [-0.3, -0.25) is 0 Å². The fourth-order valence-electron chi connectivity index (χ4n) is 3.60. The molecule has 0 aromatic heterocycles. The third-order valence-electron chi connectivity index (χ3n) is 5.38. The molecule has 0 aliphatic rings. The van der Waals surface area contributed by atoms with Crippen molar-refractivity contribution in [1.29, 1.82) is 0 Å². The summed E-state index contributed by atoms with van der Waals surface area (Å²) < 4.78 is 11.5. The molecule has 162 valence electrons. The number of unbranched alkanes of at least 4 members (excludes halogenated alkanes) is 1. The Morgan fingerprint density at radius 3 is 2.23 bits per heavy atom. The van der Waals surface area contributed by atoms with Crippen molar-refractivity contribution < 1.29 is 19.1 Å². The van der Waals surface area contributed by atoms with Gasteiger partial charge in [-0.15, -0.1) is 0 Å².